The lowest BCUT2D eigenvalue weighted by Crippen LogP contribution is -2.12. The smallest absolute Gasteiger partial charge is 0.319 e. The average Bonchev–Trinajstić information content (AvgIpc) is 3.05. The lowest BCUT2D eigenvalue weighted by atomic mass is 10.3. The van der Waals surface area contributed by atoms with Gasteiger partial charge in [-0.05, 0) is 24.3 Å². The first kappa shape index (κ1) is 14.5. The van der Waals surface area contributed by atoms with Crippen molar-refractivity contribution < 1.29 is 14.1 Å². The summed E-state index contributed by atoms with van der Waals surface area (Å²) in [7, 11) is 1.72. The third-order valence-electron chi connectivity index (χ3n) is 2.95. The zero-order chi connectivity index (χ0) is 15.9. The minimum absolute atomic E-state index is 0.110. The number of thiophene rings is 1. The van der Waals surface area contributed by atoms with Crippen molar-refractivity contribution in [3.8, 4) is 0 Å². The number of amides is 1. The van der Waals surface area contributed by atoms with Crippen LogP contribution >= 0.6 is 22.7 Å². The van der Waals surface area contributed by atoms with E-state index in [1.807, 2.05) is 0 Å². The molecule has 0 spiro atoms. The molecule has 2 aromatic heterocycles. The van der Waals surface area contributed by atoms with Gasteiger partial charge in [-0.3, -0.25) is 14.9 Å². The summed E-state index contributed by atoms with van der Waals surface area (Å²) in [6.07, 6.45) is 0. The van der Waals surface area contributed by atoms with Crippen LogP contribution in [0.25, 0.3) is 10.2 Å². The molecule has 1 aromatic carbocycles. The Morgan fingerprint density at radius 1 is 1.32 bits per heavy atom. The number of hydrogen-bond acceptors (Lipinski definition) is 5. The summed E-state index contributed by atoms with van der Waals surface area (Å²) >= 11 is 1.96. The van der Waals surface area contributed by atoms with Crippen molar-refractivity contribution in [1.82, 2.24) is 4.57 Å². The number of fused-ring (bicyclic) bond motifs is 1. The second-order valence-electron chi connectivity index (χ2n) is 4.37. The quantitative estimate of drug-likeness (QED) is 0.532. The van der Waals surface area contributed by atoms with Crippen LogP contribution in [-0.4, -0.2) is 15.4 Å². The minimum Gasteiger partial charge on any atom is -0.319 e. The molecule has 1 amide bonds. The van der Waals surface area contributed by atoms with E-state index in [4.69, 9.17) is 0 Å². The predicted molar refractivity (Wildman–Crippen MR) is 81.6 cm³/mol. The molecule has 9 heteroatoms. The van der Waals surface area contributed by atoms with Crippen LogP contribution in [0, 0.1) is 15.9 Å². The van der Waals surface area contributed by atoms with Crippen molar-refractivity contribution >= 4 is 43.8 Å². The lowest BCUT2D eigenvalue weighted by Gasteiger charge is -1.94. The molecule has 112 valence electrons. The van der Waals surface area contributed by atoms with Crippen molar-refractivity contribution in [2.24, 2.45) is 12.0 Å². The summed E-state index contributed by atoms with van der Waals surface area (Å²) in [6, 6.07) is 6.97. The number of carbonyl (C=O) groups excluding carboxylic acids is 1. The third-order valence-corrected chi connectivity index (χ3v) is 5.07. The molecular weight excluding hydrogens is 329 g/mol. The van der Waals surface area contributed by atoms with Crippen LogP contribution in [0.3, 0.4) is 0 Å². The topological polar surface area (TPSA) is 77.5 Å². The van der Waals surface area contributed by atoms with Crippen molar-refractivity contribution in [2.75, 3.05) is 0 Å². The van der Waals surface area contributed by atoms with E-state index >= 15 is 0 Å². The molecule has 0 saturated carbocycles. The fourth-order valence-corrected chi connectivity index (χ4v) is 3.64. The summed E-state index contributed by atoms with van der Waals surface area (Å²) in [5.74, 6) is -0.915. The molecular formula is C13H8FN3O3S2. The molecule has 0 aliphatic rings. The first-order chi connectivity index (χ1) is 10.5. The number of nitro groups is 1. The van der Waals surface area contributed by atoms with Crippen LogP contribution in [0.15, 0.2) is 35.3 Å². The van der Waals surface area contributed by atoms with E-state index in [0.717, 1.165) is 16.9 Å². The minimum atomic E-state index is -0.555. The number of nitrogens with zero attached hydrogens (tertiary/aromatic N) is 3. The highest BCUT2D eigenvalue weighted by Gasteiger charge is 2.15. The zero-order valence-corrected chi connectivity index (χ0v) is 12.8. The molecule has 0 unspecified atom stereocenters. The van der Waals surface area contributed by atoms with Crippen LogP contribution in [0.1, 0.15) is 9.67 Å². The molecule has 3 aromatic rings. The molecule has 0 atom stereocenters. The summed E-state index contributed by atoms with van der Waals surface area (Å²) in [6.45, 7) is 0. The number of hydrogen-bond donors (Lipinski definition) is 0. The SMILES string of the molecule is Cn1c(=NC(=O)c2ccc([N+](=O)[O-])s2)sc2cc(F)ccc21. The Bertz CT molecular complexity index is 970. The van der Waals surface area contributed by atoms with Gasteiger partial charge in [-0.15, -0.1) is 0 Å². The highest BCUT2D eigenvalue weighted by atomic mass is 32.1. The number of carbonyl (C=O) groups is 1. The Hall–Kier alpha value is -2.39. The second kappa shape index (κ2) is 5.43. The van der Waals surface area contributed by atoms with Gasteiger partial charge in [0.15, 0.2) is 4.80 Å². The van der Waals surface area contributed by atoms with Gasteiger partial charge in [-0.1, -0.05) is 22.7 Å². The average molecular weight is 337 g/mol. The van der Waals surface area contributed by atoms with Gasteiger partial charge >= 0.3 is 5.00 Å². The van der Waals surface area contributed by atoms with Crippen molar-refractivity contribution in [2.45, 2.75) is 0 Å². The first-order valence-electron chi connectivity index (χ1n) is 6.04. The van der Waals surface area contributed by atoms with Crippen LogP contribution in [0.5, 0.6) is 0 Å². The molecule has 0 aliphatic carbocycles. The number of aromatic nitrogens is 1. The molecule has 0 bridgehead atoms. The van der Waals surface area contributed by atoms with Gasteiger partial charge in [0.05, 0.1) is 15.1 Å². The molecule has 0 fully saturated rings. The summed E-state index contributed by atoms with van der Waals surface area (Å²) in [4.78, 5) is 26.7. The second-order valence-corrected chi connectivity index (χ2v) is 6.44. The fourth-order valence-electron chi connectivity index (χ4n) is 1.90. The van der Waals surface area contributed by atoms with E-state index in [0.29, 0.717) is 9.50 Å². The fraction of sp³-hybridized carbons (Fsp3) is 0.0769. The van der Waals surface area contributed by atoms with Crippen molar-refractivity contribution in [1.29, 1.82) is 0 Å². The predicted octanol–water partition coefficient (Wildman–Crippen LogP) is 3.09. The Morgan fingerprint density at radius 3 is 2.77 bits per heavy atom. The van der Waals surface area contributed by atoms with Crippen molar-refractivity contribution in [3.05, 3.63) is 55.9 Å². The summed E-state index contributed by atoms with van der Waals surface area (Å²) in [5, 5.41) is 10.5. The Morgan fingerprint density at radius 2 is 2.09 bits per heavy atom. The third kappa shape index (κ3) is 2.55. The van der Waals surface area contributed by atoms with Crippen LogP contribution in [0.2, 0.25) is 0 Å². The number of thiazole rings is 1. The van der Waals surface area contributed by atoms with Gasteiger partial charge in [-0.25, -0.2) is 4.39 Å². The molecule has 3 rings (SSSR count). The van der Waals surface area contributed by atoms with E-state index in [2.05, 4.69) is 4.99 Å². The maximum atomic E-state index is 13.2. The number of benzene rings is 1. The van der Waals surface area contributed by atoms with Gasteiger partial charge in [0.2, 0.25) is 0 Å². The van der Waals surface area contributed by atoms with Crippen LogP contribution in [0.4, 0.5) is 9.39 Å². The van der Waals surface area contributed by atoms with Gasteiger partial charge in [-0.2, -0.15) is 4.99 Å². The van der Waals surface area contributed by atoms with Gasteiger partial charge in [0.25, 0.3) is 5.91 Å². The number of halogens is 1. The van der Waals surface area contributed by atoms with Gasteiger partial charge in [0, 0.05) is 13.1 Å². The zero-order valence-electron chi connectivity index (χ0n) is 11.1. The lowest BCUT2D eigenvalue weighted by molar-refractivity contribution is -0.380. The highest BCUT2D eigenvalue weighted by molar-refractivity contribution is 7.17. The molecule has 0 N–H and O–H groups in total. The molecule has 2 heterocycles. The van der Waals surface area contributed by atoms with E-state index in [1.54, 1.807) is 17.7 Å². The molecule has 0 aliphatic heterocycles. The largest absolute Gasteiger partial charge is 0.324 e. The highest BCUT2D eigenvalue weighted by Crippen LogP contribution is 2.24. The Balaban J connectivity index is 2.05. The first-order valence-corrected chi connectivity index (χ1v) is 7.67. The molecule has 0 saturated heterocycles. The van der Waals surface area contributed by atoms with E-state index in [-0.39, 0.29) is 15.7 Å². The standard InChI is InChI=1S/C13H8FN3O3S2/c1-16-8-3-2-7(14)6-10(8)22-13(16)15-12(18)9-4-5-11(21-9)17(19)20/h2-6H,1H3. The normalized spacial score (nSPS) is 12.0. The van der Waals surface area contributed by atoms with Gasteiger partial charge < -0.3 is 4.57 Å². The summed E-state index contributed by atoms with van der Waals surface area (Å²) in [5.41, 5.74) is 0.759. The van der Waals surface area contributed by atoms with Gasteiger partial charge in [0.1, 0.15) is 10.7 Å². The van der Waals surface area contributed by atoms with Crippen LogP contribution < -0.4 is 4.80 Å². The summed E-state index contributed by atoms with van der Waals surface area (Å²) < 4.78 is 15.6. The molecule has 6 nitrogen and oxygen atoms in total. The monoisotopic (exact) mass is 337 g/mol. The Kier molecular flexibility index (Phi) is 3.59. The van der Waals surface area contributed by atoms with E-state index < -0.39 is 10.8 Å². The van der Waals surface area contributed by atoms with E-state index in [1.165, 1.54) is 35.6 Å². The van der Waals surface area contributed by atoms with Crippen LogP contribution in [-0.2, 0) is 7.05 Å². The maximum Gasteiger partial charge on any atom is 0.324 e. The van der Waals surface area contributed by atoms with E-state index in [9.17, 15) is 19.3 Å². The number of aryl methyl sites for hydroxylation is 1. The molecule has 22 heavy (non-hydrogen) atoms. The number of rotatable bonds is 2. The maximum absolute atomic E-state index is 13.2. The van der Waals surface area contributed by atoms with Crippen molar-refractivity contribution in [3.63, 3.8) is 0 Å². The Labute approximate surface area is 130 Å². The molecule has 0 radical (unpaired) electrons.